The Morgan fingerprint density at radius 1 is 0.692 bits per heavy atom. The highest BCUT2D eigenvalue weighted by atomic mass is 35.6. The third kappa shape index (κ3) is 5.72. The second kappa shape index (κ2) is 11.6. The molecule has 2 aromatic carbocycles. The Kier molecular flexibility index (Phi) is 9.49. The van der Waals surface area contributed by atoms with Crippen LogP contribution in [0.1, 0.15) is 76.0 Å². The maximum Gasteiger partial charge on any atom is 0.202 e. The number of aryl methyl sites for hydroxylation is 1. The van der Waals surface area contributed by atoms with Gasteiger partial charge in [0, 0.05) is 0 Å². The summed E-state index contributed by atoms with van der Waals surface area (Å²) in [4.78, 5) is 0. The SMILES string of the molecule is CCCCc1ccc([SiH](Cl)c2ccccc2)c(CCCC)c1CCCC. The maximum atomic E-state index is 7.12. The first-order chi connectivity index (χ1) is 12.7. The van der Waals surface area contributed by atoms with Gasteiger partial charge in [-0.2, -0.15) is 11.1 Å². The minimum Gasteiger partial charge on any atom is -0.159 e. The average molecular weight is 387 g/mol. The minimum absolute atomic E-state index is 1.19. The molecular weight excluding hydrogens is 352 g/mol. The van der Waals surface area contributed by atoms with Crippen LogP contribution in [0, 0.1) is 0 Å². The van der Waals surface area contributed by atoms with Crippen molar-refractivity contribution in [1.29, 1.82) is 0 Å². The topological polar surface area (TPSA) is 0 Å². The fourth-order valence-electron chi connectivity index (χ4n) is 3.71. The van der Waals surface area contributed by atoms with Gasteiger partial charge < -0.3 is 0 Å². The quantitative estimate of drug-likeness (QED) is 0.338. The molecule has 0 bridgehead atoms. The van der Waals surface area contributed by atoms with Crippen LogP contribution in [0.4, 0.5) is 0 Å². The highest BCUT2D eigenvalue weighted by Gasteiger charge is 2.20. The van der Waals surface area contributed by atoms with Gasteiger partial charge in [0.15, 0.2) is 0 Å². The molecule has 0 aliphatic heterocycles. The Labute approximate surface area is 167 Å². The van der Waals surface area contributed by atoms with E-state index < -0.39 is 8.11 Å². The largest absolute Gasteiger partial charge is 0.202 e. The molecular formula is C24H35ClSi. The van der Waals surface area contributed by atoms with Crippen LogP contribution in [0.5, 0.6) is 0 Å². The van der Waals surface area contributed by atoms with Crippen molar-refractivity contribution in [2.75, 3.05) is 0 Å². The molecule has 0 heterocycles. The van der Waals surface area contributed by atoms with Gasteiger partial charge in [-0.15, -0.1) is 0 Å². The summed E-state index contributed by atoms with van der Waals surface area (Å²) in [6.07, 6.45) is 11.2. The van der Waals surface area contributed by atoms with Crippen molar-refractivity contribution in [3.8, 4) is 0 Å². The van der Waals surface area contributed by atoms with Crippen LogP contribution < -0.4 is 10.4 Å². The molecule has 0 nitrogen and oxygen atoms in total. The Bertz CT molecular complexity index is 651. The lowest BCUT2D eigenvalue weighted by Gasteiger charge is -2.21. The van der Waals surface area contributed by atoms with Gasteiger partial charge in [0.1, 0.15) is 0 Å². The molecule has 0 aliphatic carbocycles. The number of halogens is 1. The Morgan fingerprint density at radius 3 is 1.88 bits per heavy atom. The average Bonchev–Trinajstić information content (AvgIpc) is 2.69. The van der Waals surface area contributed by atoms with Gasteiger partial charge in [0.05, 0.1) is 0 Å². The lowest BCUT2D eigenvalue weighted by atomic mass is 9.91. The predicted octanol–water partition coefficient (Wildman–Crippen LogP) is 5.79. The molecule has 0 saturated carbocycles. The number of unbranched alkanes of at least 4 members (excludes halogenated alkanes) is 3. The number of hydrogen-bond donors (Lipinski definition) is 0. The molecule has 0 N–H and O–H groups in total. The Morgan fingerprint density at radius 2 is 1.27 bits per heavy atom. The zero-order chi connectivity index (χ0) is 18.8. The lowest BCUT2D eigenvalue weighted by Crippen LogP contribution is -2.40. The highest BCUT2D eigenvalue weighted by Crippen LogP contribution is 2.22. The molecule has 26 heavy (non-hydrogen) atoms. The third-order valence-electron chi connectivity index (χ3n) is 5.29. The van der Waals surface area contributed by atoms with E-state index in [0.29, 0.717) is 0 Å². The van der Waals surface area contributed by atoms with Crippen LogP contribution >= 0.6 is 11.1 Å². The van der Waals surface area contributed by atoms with Crippen molar-refractivity contribution in [2.24, 2.45) is 0 Å². The molecule has 2 aromatic rings. The van der Waals surface area contributed by atoms with E-state index in [1.165, 1.54) is 68.2 Å². The predicted molar refractivity (Wildman–Crippen MR) is 121 cm³/mol. The molecule has 142 valence electrons. The van der Waals surface area contributed by atoms with Crippen molar-refractivity contribution in [3.63, 3.8) is 0 Å². The molecule has 0 amide bonds. The molecule has 2 heteroatoms. The van der Waals surface area contributed by atoms with E-state index in [1.807, 2.05) is 0 Å². The van der Waals surface area contributed by atoms with Crippen LogP contribution in [-0.4, -0.2) is 8.11 Å². The first-order valence-electron chi connectivity index (χ1n) is 10.5. The molecule has 0 saturated heterocycles. The van der Waals surface area contributed by atoms with Gasteiger partial charge >= 0.3 is 0 Å². The fourth-order valence-corrected chi connectivity index (χ4v) is 6.57. The van der Waals surface area contributed by atoms with Gasteiger partial charge in [-0.25, -0.2) is 0 Å². The molecule has 0 fully saturated rings. The molecule has 1 atom stereocenters. The first kappa shape index (κ1) is 21.2. The Hall–Kier alpha value is -1.05. The van der Waals surface area contributed by atoms with E-state index in [9.17, 15) is 0 Å². The molecule has 0 spiro atoms. The van der Waals surface area contributed by atoms with Crippen molar-refractivity contribution in [3.05, 3.63) is 59.2 Å². The summed E-state index contributed by atoms with van der Waals surface area (Å²) in [5, 5.41) is 2.81. The summed E-state index contributed by atoms with van der Waals surface area (Å²) in [7, 11) is -1.64. The smallest absolute Gasteiger partial charge is 0.159 e. The molecule has 0 aliphatic rings. The number of rotatable bonds is 11. The van der Waals surface area contributed by atoms with Gasteiger partial charge in [-0.05, 0) is 65.6 Å². The fraction of sp³-hybridized carbons (Fsp3) is 0.500. The second-order valence-electron chi connectivity index (χ2n) is 7.35. The van der Waals surface area contributed by atoms with Crippen LogP contribution in [0.3, 0.4) is 0 Å². The summed E-state index contributed by atoms with van der Waals surface area (Å²) >= 11 is 7.12. The number of hydrogen-bond acceptors (Lipinski definition) is 0. The third-order valence-corrected chi connectivity index (χ3v) is 8.81. The van der Waals surface area contributed by atoms with E-state index >= 15 is 0 Å². The normalized spacial score (nSPS) is 12.3. The first-order valence-corrected chi connectivity index (χ1v) is 13.4. The van der Waals surface area contributed by atoms with Gasteiger partial charge in [-0.1, -0.05) is 82.5 Å². The van der Waals surface area contributed by atoms with E-state index in [0.717, 1.165) is 0 Å². The van der Waals surface area contributed by atoms with Crippen LogP contribution in [0.2, 0.25) is 0 Å². The standard InChI is InChI=1S/C24H35ClSi/c1-4-7-13-20-18-19-24(26(25)21-14-11-10-12-15-21)23(17-9-6-3)22(20)16-8-5-2/h10-12,14-15,18-19,26H,4-9,13,16-17H2,1-3H3. The molecule has 1 unspecified atom stereocenters. The minimum atomic E-state index is -1.64. The molecule has 2 rings (SSSR count). The van der Waals surface area contributed by atoms with E-state index in [1.54, 1.807) is 16.7 Å². The molecule has 0 radical (unpaired) electrons. The van der Waals surface area contributed by atoms with Gasteiger partial charge in [0.2, 0.25) is 8.11 Å². The van der Waals surface area contributed by atoms with E-state index in [-0.39, 0.29) is 0 Å². The maximum absolute atomic E-state index is 7.12. The van der Waals surface area contributed by atoms with Crippen molar-refractivity contribution >= 4 is 29.6 Å². The van der Waals surface area contributed by atoms with Crippen molar-refractivity contribution in [2.45, 2.75) is 78.6 Å². The lowest BCUT2D eigenvalue weighted by molar-refractivity contribution is 0.737. The van der Waals surface area contributed by atoms with Crippen LogP contribution in [-0.2, 0) is 19.3 Å². The van der Waals surface area contributed by atoms with Crippen molar-refractivity contribution < 1.29 is 0 Å². The van der Waals surface area contributed by atoms with Crippen LogP contribution in [0.25, 0.3) is 0 Å². The summed E-state index contributed by atoms with van der Waals surface area (Å²) in [6.45, 7) is 6.87. The monoisotopic (exact) mass is 386 g/mol. The Balaban J connectivity index is 2.48. The zero-order valence-corrected chi connectivity index (χ0v) is 18.8. The summed E-state index contributed by atoms with van der Waals surface area (Å²) in [5.41, 5.74) is 4.82. The zero-order valence-electron chi connectivity index (χ0n) is 16.9. The number of benzene rings is 2. The van der Waals surface area contributed by atoms with Gasteiger partial charge in [-0.3, -0.25) is 0 Å². The molecule has 0 aromatic heterocycles. The summed E-state index contributed by atoms with van der Waals surface area (Å²) in [6, 6.07) is 15.5. The van der Waals surface area contributed by atoms with E-state index in [4.69, 9.17) is 11.1 Å². The van der Waals surface area contributed by atoms with Crippen LogP contribution in [0.15, 0.2) is 42.5 Å². The van der Waals surface area contributed by atoms with Crippen molar-refractivity contribution in [1.82, 2.24) is 0 Å². The van der Waals surface area contributed by atoms with E-state index in [2.05, 4.69) is 63.2 Å². The highest BCUT2D eigenvalue weighted by molar-refractivity contribution is 7.21. The summed E-state index contributed by atoms with van der Waals surface area (Å²) < 4.78 is 0. The van der Waals surface area contributed by atoms with Gasteiger partial charge in [0.25, 0.3) is 0 Å². The summed E-state index contributed by atoms with van der Waals surface area (Å²) in [5.74, 6) is 0. The second-order valence-corrected chi connectivity index (χ2v) is 10.7.